The summed E-state index contributed by atoms with van der Waals surface area (Å²) in [6, 6.07) is 13.9. The minimum atomic E-state index is -3.68. The van der Waals surface area contributed by atoms with Crippen LogP contribution in [-0.4, -0.2) is 65.1 Å². The summed E-state index contributed by atoms with van der Waals surface area (Å²) in [7, 11) is -3.68. The second-order valence-corrected chi connectivity index (χ2v) is 10.2. The van der Waals surface area contributed by atoms with Crippen molar-refractivity contribution in [3.63, 3.8) is 0 Å². The summed E-state index contributed by atoms with van der Waals surface area (Å²) in [6.45, 7) is 2.64. The van der Waals surface area contributed by atoms with Crippen molar-refractivity contribution in [3.8, 4) is 5.75 Å². The molecule has 2 amide bonds. The van der Waals surface area contributed by atoms with E-state index in [4.69, 9.17) is 9.47 Å². The predicted molar refractivity (Wildman–Crippen MR) is 138 cm³/mol. The Morgan fingerprint density at radius 2 is 1.92 bits per heavy atom. The lowest BCUT2D eigenvalue weighted by Gasteiger charge is -2.23. The summed E-state index contributed by atoms with van der Waals surface area (Å²) < 4.78 is 36.7. The van der Waals surface area contributed by atoms with Crippen LogP contribution in [0, 0.1) is 0 Å². The highest BCUT2D eigenvalue weighted by atomic mass is 32.2. The van der Waals surface area contributed by atoms with E-state index in [1.807, 2.05) is 19.1 Å². The minimum Gasteiger partial charge on any atom is -0.484 e. The molecule has 10 nitrogen and oxygen atoms in total. The molecule has 0 unspecified atom stereocenters. The molecular formula is C25H32N4O6S. The molecule has 3 rings (SSSR count). The van der Waals surface area contributed by atoms with E-state index in [-0.39, 0.29) is 18.6 Å². The van der Waals surface area contributed by atoms with E-state index in [1.54, 1.807) is 36.4 Å². The normalized spacial score (nSPS) is 15.6. The third-order valence-electron chi connectivity index (χ3n) is 5.53. The van der Waals surface area contributed by atoms with Gasteiger partial charge in [-0.3, -0.25) is 13.9 Å². The van der Waals surface area contributed by atoms with Crippen LogP contribution in [0.5, 0.6) is 5.75 Å². The van der Waals surface area contributed by atoms with E-state index in [1.165, 1.54) is 6.21 Å². The molecule has 0 aliphatic carbocycles. The van der Waals surface area contributed by atoms with Gasteiger partial charge >= 0.3 is 0 Å². The summed E-state index contributed by atoms with van der Waals surface area (Å²) in [4.78, 5) is 24.3. The number of hydrogen-bond donors (Lipinski definition) is 2. The van der Waals surface area contributed by atoms with Crippen molar-refractivity contribution in [3.05, 3.63) is 59.7 Å². The van der Waals surface area contributed by atoms with Gasteiger partial charge in [0.1, 0.15) is 12.3 Å². The minimum absolute atomic E-state index is 0.0783. The fraction of sp³-hybridized carbons (Fsp3) is 0.400. The summed E-state index contributed by atoms with van der Waals surface area (Å²) in [5.41, 5.74) is 4.34. The number of nitrogens with zero attached hydrogens (tertiary/aromatic N) is 2. The highest BCUT2D eigenvalue weighted by Gasteiger charge is 2.22. The van der Waals surface area contributed by atoms with Crippen LogP contribution < -0.4 is 19.8 Å². The molecule has 194 valence electrons. The van der Waals surface area contributed by atoms with Crippen LogP contribution in [0.25, 0.3) is 0 Å². The van der Waals surface area contributed by atoms with Gasteiger partial charge in [0.15, 0.2) is 6.61 Å². The monoisotopic (exact) mass is 516 g/mol. The Kier molecular flexibility index (Phi) is 9.83. The Balaban J connectivity index is 1.47. The molecule has 2 N–H and O–H groups in total. The Bertz CT molecular complexity index is 1160. The van der Waals surface area contributed by atoms with Gasteiger partial charge in [-0.2, -0.15) is 5.10 Å². The number of sulfonamides is 1. The van der Waals surface area contributed by atoms with E-state index in [0.29, 0.717) is 30.0 Å². The van der Waals surface area contributed by atoms with Gasteiger partial charge in [-0.05, 0) is 60.7 Å². The Morgan fingerprint density at radius 3 is 2.58 bits per heavy atom. The highest BCUT2D eigenvalue weighted by molar-refractivity contribution is 7.92. The molecular weight excluding hydrogens is 484 g/mol. The molecule has 0 saturated carbocycles. The number of hydrogen-bond acceptors (Lipinski definition) is 7. The van der Waals surface area contributed by atoms with E-state index in [0.717, 1.165) is 35.6 Å². The molecule has 0 radical (unpaired) electrons. The Morgan fingerprint density at radius 1 is 1.17 bits per heavy atom. The zero-order valence-corrected chi connectivity index (χ0v) is 21.3. The summed E-state index contributed by atoms with van der Waals surface area (Å²) in [5.74, 6) is -0.276. The second-order valence-electron chi connectivity index (χ2n) is 8.34. The van der Waals surface area contributed by atoms with Crippen molar-refractivity contribution < 1.29 is 27.5 Å². The van der Waals surface area contributed by atoms with Crippen LogP contribution in [0.15, 0.2) is 53.6 Å². The van der Waals surface area contributed by atoms with E-state index in [2.05, 4.69) is 15.8 Å². The van der Waals surface area contributed by atoms with Gasteiger partial charge in [-0.25, -0.2) is 13.8 Å². The van der Waals surface area contributed by atoms with Gasteiger partial charge in [0.2, 0.25) is 10.0 Å². The molecule has 0 spiro atoms. The zero-order chi connectivity index (χ0) is 26.0. The number of aryl methyl sites for hydroxylation is 1. The van der Waals surface area contributed by atoms with Gasteiger partial charge in [-0.15, -0.1) is 0 Å². The topological polar surface area (TPSA) is 126 Å². The molecule has 36 heavy (non-hydrogen) atoms. The lowest BCUT2D eigenvalue weighted by atomic mass is 10.1. The SMILES string of the molecule is CCc1ccccc1N(CC(=O)N/N=C\c1ccc(OCC(=O)NC[C@H]2CCCO2)cc1)S(C)(=O)=O. The average Bonchev–Trinajstić information content (AvgIpc) is 3.39. The van der Waals surface area contributed by atoms with Gasteiger partial charge in [0, 0.05) is 13.2 Å². The van der Waals surface area contributed by atoms with E-state index >= 15 is 0 Å². The predicted octanol–water partition coefficient (Wildman–Crippen LogP) is 1.84. The number of hydrazone groups is 1. The second kappa shape index (κ2) is 13.0. The quantitative estimate of drug-likeness (QED) is 0.328. The number of benzene rings is 2. The zero-order valence-electron chi connectivity index (χ0n) is 20.5. The van der Waals surface area contributed by atoms with Gasteiger partial charge in [-0.1, -0.05) is 25.1 Å². The molecule has 11 heteroatoms. The number of para-hydroxylation sites is 1. The number of carbonyl (C=O) groups is 2. The van der Waals surface area contributed by atoms with E-state index in [9.17, 15) is 18.0 Å². The summed E-state index contributed by atoms with van der Waals surface area (Å²) >= 11 is 0. The fourth-order valence-corrected chi connectivity index (χ4v) is 4.55. The molecule has 1 aliphatic rings. The first-order chi connectivity index (χ1) is 17.3. The van der Waals surface area contributed by atoms with Crippen LogP contribution in [-0.2, 0) is 30.8 Å². The van der Waals surface area contributed by atoms with Crippen molar-refractivity contribution in [2.75, 3.05) is 36.9 Å². The molecule has 1 atom stereocenters. The molecule has 1 heterocycles. The number of rotatable bonds is 12. The smallest absolute Gasteiger partial charge is 0.260 e. The van der Waals surface area contributed by atoms with Crippen molar-refractivity contribution in [1.29, 1.82) is 0 Å². The van der Waals surface area contributed by atoms with Crippen molar-refractivity contribution >= 4 is 33.7 Å². The Hall–Kier alpha value is -3.44. The third kappa shape index (κ3) is 8.35. The molecule has 0 bridgehead atoms. The number of nitrogens with one attached hydrogen (secondary N) is 2. The van der Waals surface area contributed by atoms with Crippen molar-refractivity contribution in [2.24, 2.45) is 5.10 Å². The maximum absolute atomic E-state index is 12.4. The third-order valence-corrected chi connectivity index (χ3v) is 6.66. The standard InChI is InChI=1S/C25H32N4O6S/c1-3-20-7-4-5-9-23(20)29(36(2,32)33)17-24(30)28-27-15-19-10-12-21(13-11-19)35-18-25(31)26-16-22-8-6-14-34-22/h4-5,7,9-13,15,22H,3,6,8,14,16-18H2,1-2H3,(H,26,31)(H,28,30)/b27-15-/t22-/m1/s1. The lowest BCUT2D eigenvalue weighted by molar-refractivity contribution is -0.123. The largest absolute Gasteiger partial charge is 0.484 e. The number of ether oxygens (including phenoxy) is 2. The first-order valence-electron chi connectivity index (χ1n) is 11.7. The Labute approximate surface area is 211 Å². The van der Waals surface area contributed by atoms with Crippen LogP contribution in [0.2, 0.25) is 0 Å². The first kappa shape index (κ1) is 27.2. The van der Waals surface area contributed by atoms with Gasteiger partial charge in [0.05, 0.1) is 24.3 Å². The van der Waals surface area contributed by atoms with Crippen LogP contribution >= 0.6 is 0 Å². The van der Waals surface area contributed by atoms with Gasteiger partial charge < -0.3 is 14.8 Å². The van der Waals surface area contributed by atoms with Crippen LogP contribution in [0.1, 0.15) is 30.9 Å². The molecule has 1 aliphatic heterocycles. The van der Waals surface area contributed by atoms with Crippen LogP contribution in [0.3, 0.4) is 0 Å². The fourth-order valence-electron chi connectivity index (χ4n) is 3.66. The van der Waals surface area contributed by atoms with Crippen LogP contribution in [0.4, 0.5) is 5.69 Å². The van der Waals surface area contributed by atoms with Crippen molar-refractivity contribution in [2.45, 2.75) is 32.3 Å². The molecule has 0 aromatic heterocycles. The number of amides is 2. The summed E-state index contributed by atoms with van der Waals surface area (Å²) in [6.07, 6.45) is 5.17. The van der Waals surface area contributed by atoms with Gasteiger partial charge in [0.25, 0.3) is 11.8 Å². The molecule has 1 fully saturated rings. The molecule has 1 saturated heterocycles. The maximum atomic E-state index is 12.4. The lowest BCUT2D eigenvalue weighted by Crippen LogP contribution is -2.39. The number of carbonyl (C=O) groups excluding carboxylic acids is 2. The molecule has 2 aromatic rings. The summed E-state index contributed by atoms with van der Waals surface area (Å²) in [5, 5.41) is 6.71. The first-order valence-corrected chi connectivity index (χ1v) is 13.6. The molecule has 2 aromatic carbocycles. The maximum Gasteiger partial charge on any atom is 0.260 e. The number of anilines is 1. The highest BCUT2D eigenvalue weighted by Crippen LogP contribution is 2.23. The average molecular weight is 517 g/mol. The van der Waals surface area contributed by atoms with E-state index < -0.39 is 22.5 Å². The van der Waals surface area contributed by atoms with Crippen molar-refractivity contribution in [1.82, 2.24) is 10.7 Å².